The molecule has 3 aromatic rings. The fourth-order valence-electron chi connectivity index (χ4n) is 5.47. The van der Waals surface area contributed by atoms with Crippen LogP contribution in [-0.2, 0) is 21.4 Å². The zero-order valence-electron chi connectivity index (χ0n) is 18.4. The number of amides is 1. The molecule has 168 valence electrons. The van der Waals surface area contributed by atoms with Crippen LogP contribution in [-0.4, -0.2) is 46.5 Å². The molecule has 2 saturated heterocycles. The van der Waals surface area contributed by atoms with Crippen molar-refractivity contribution in [2.45, 2.75) is 43.9 Å². The number of carbonyl (C=O) groups excluding carboxylic acids is 1. The van der Waals surface area contributed by atoms with E-state index in [1.54, 1.807) is 6.07 Å². The van der Waals surface area contributed by atoms with E-state index in [1.807, 2.05) is 35.6 Å². The largest absolute Gasteiger partial charge is 0.381 e. The average Bonchev–Trinajstić information content (AvgIpc) is 3.19. The van der Waals surface area contributed by atoms with E-state index in [2.05, 4.69) is 15.5 Å². The molecule has 5 nitrogen and oxygen atoms in total. The Labute approximate surface area is 188 Å². The van der Waals surface area contributed by atoms with E-state index in [0.29, 0.717) is 32.0 Å². The summed E-state index contributed by atoms with van der Waals surface area (Å²) in [6.07, 6.45) is 11.1. The highest BCUT2D eigenvalue weighted by molar-refractivity contribution is 5.88. The normalized spacial score (nSPS) is 21.4. The highest BCUT2D eigenvalue weighted by atomic mass is 19.1. The lowest BCUT2D eigenvalue weighted by molar-refractivity contribution is -0.141. The van der Waals surface area contributed by atoms with Crippen molar-refractivity contribution in [2.75, 3.05) is 26.3 Å². The van der Waals surface area contributed by atoms with Crippen molar-refractivity contribution in [3.05, 3.63) is 72.1 Å². The molecule has 32 heavy (non-hydrogen) atoms. The summed E-state index contributed by atoms with van der Waals surface area (Å²) >= 11 is 0. The maximum absolute atomic E-state index is 14.0. The number of hydrogen-bond donors (Lipinski definition) is 0. The maximum Gasteiger partial charge on any atom is 0.233 e. The van der Waals surface area contributed by atoms with E-state index in [0.717, 1.165) is 55.5 Å². The molecule has 2 aliphatic rings. The Morgan fingerprint density at radius 1 is 1.12 bits per heavy atom. The first-order valence-electron chi connectivity index (χ1n) is 11.7. The van der Waals surface area contributed by atoms with Crippen molar-refractivity contribution in [3.8, 4) is 0 Å². The summed E-state index contributed by atoms with van der Waals surface area (Å²) in [6.45, 7) is 2.57. The molecule has 2 aromatic heterocycles. The van der Waals surface area contributed by atoms with Gasteiger partial charge in [-0.15, -0.1) is 0 Å². The molecule has 0 N–H and O–H groups in total. The van der Waals surface area contributed by atoms with Gasteiger partial charge in [0.2, 0.25) is 5.91 Å². The molecule has 0 bridgehead atoms. The van der Waals surface area contributed by atoms with Gasteiger partial charge in [0.1, 0.15) is 5.82 Å². The van der Waals surface area contributed by atoms with Crippen LogP contribution in [0.5, 0.6) is 0 Å². The summed E-state index contributed by atoms with van der Waals surface area (Å²) in [5.74, 6) is 0.351. The molecule has 1 aromatic carbocycles. The van der Waals surface area contributed by atoms with Crippen molar-refractivity contribution >= 4 is 11.4 Å². The van der Waals surface area contributed by atoms with E-state index in [4.69, 9.17) is 4.74 Å². The zero-order valence-corrected chi connectivity index (χ0v) is 18.4. The zero-order chi connectivity index (χ0) is 22.0. The van der Waals surface area contributed by atoms with Crippen molar-refractivity contribution in [2.24, 2.45) is 5.92 Å². The fourth-order valence-corrected chi connectivity index (χ4v) is 5.47. The van der Waals surface area contributed by atoms with Gasteiger partial charge in [-0.25, -0.2) is 4.39 Å². The molecular weight excluding hydrogens is 405 g/mol. The van der Waals surface area contributed by atoms with Gasteiger partial charge in [0.25, 0.3) is 0 Å². The molecular formula is C26H30FN3O2. The first kappa shape index (κ1) is 21.1. The quantitative estimate of drug-likeness (QED) is 0.611. The maximum atomic E-state index is 14.0. The Bertz CT molecular complexity index is 1090. The second kappa shape index (κ2) is 9.02. The minimum Gasteiger partial charge on any atom is -0.381 e. The van der Waals surface area contributed by atoms with E-state index >= 15 is 0 Å². The third-order valence-electron chi connectivity index (χ3n) is 7.28. The Hall–Kier alpha value is -2.73. The molecule has 0 saturated carbocycles. The van der Waals surface area contributed by atoms with Crippen LogP contribution in [0.2, 0.25) is 0 Å². The number of ether oxygens (including phenoxy) is 1. The molecule has 2 aliphatic heterocycles. The lowest BCUT2D eigenvalue weighted by atomic mass is 9.73. The molecule has 0 radical (unpaired) electrons. The molecule has 5 rings (SSSR count). The predicted octanol–water partition coefficient (Wildman–Crippen LogP) is 4.39. The molecule has 0 unspecified atom stereocenters. The van der Waals surface area contributed by atoms with E-state index in [1.165, 1.54) is 12.1 Å². The lowest BCUT2D eigenvalue weighted by Gasteiger charge is -2.40. The van der Waals surface area contributed by atoms with Crippen LogP contribution >= 0.6 is 0 Å². The van der Waals surface area contributed by atoms with E-state index in [9.17, 15) is 9.18 Å². The highest BCUT2D eigenvalue weighted by Gasteiger charge is 2.44. The van der Waals surface area contributed by atoms with Gasteiger partial charge in [-0.3, -0.25) is 9.78 Å². The summed E-state index contributed by atoms with van der Waals surface area (Å²) < 4.78 is 21.7. The number of nitrogens with zero attached hydrogens (tertiary/aromatic N) is 3. The van der Waals surface area contributed by atoms with Crippen LogP contribution in [0.3, 0.4) is 0 Å². The van der Waals surface area contributed by atoms with Gasteiger partial charge in [-0.1, -0.05) is 12.1 Å². The molecule has 0 aliphatic carbocycles. The predicted molar refractivity (Wildman–Crippen MR) is 121 cm³/mol. The highest BCUT2D eigenvalue weighted by Crippen LogP contribution is 2.38. The van der Waals surface area contributed by atoms with E-state index < -0.39 is 5.41 Å². The molecule has 1 amide bonds. The molecule has 2 fully saturated rings. The minimum absolute atomic E-state index is 0.138. The van der Waals surface area contributed by atoms with Crippen molar-refractivity contribution in [1.82, 2.24) is 14.3 Å². The first-order valence-corrected chi connectivity index (χ1v) is 11.7. The van der Waals surface area contributed by atoms with Crippen LogP contribution in [0.4, 0.5) is 4.39 Å². The smallest absolute Gasteiger partial charge is 0.233 e. The standard InChI is InChI=1S/C26H30FN3O2/c27-22-6-1-5-21(19-22)26(9-16-32-17-10-26)25(31)30-13-2-4-20(8-14-30)18-23-24-7-3-12-29(24)15-11-28-23/h1,3,5-7,11-12,15,19-20H,2,4,8-10,13-14,16-18H2/t20-/m1/s1. The SMILES string of the molecule is O=C(N1CCC[C@@H](Cc2nccn3cccc23)CC1)C1(c2cccc(F)c2)CCOCC1. The van der Waals surface area contributed by atoms with Crippen molar-refractivity contribution in [1.29, 1.82) is 0 Å². The molecule has 0 spiro atoms. The first-order chi connectivity index (χ1) is 15.7. The topological polar surface area (TPSA) is 46.8 Å². The van der Waals surface area contributed by atoms with Gasteiger partial charge in [0, 0.05) is 44.9 Å². The molecule has 1 atom stereocenters. The Kier molecular flexibility index (Phi) is 5.96. The van der Waals surface area contributed by atoms with Gasteiger partial charge in [-0.05, 0) is 74.3 Å². The average molecular weight is 436 g/mol. The number of likely N-dealkylation sites (tertiary alicyclic amines) is 1. The van der Waals surface area contributed by atoms with Gasteiger partial charge in [-0.2, -0.15) is 0 Å². The summed E-state index contributed by atoms with van der Waals surface area (Å²) in [7, 11) is 0. The molecule has 4 heterocycles. The summed E-state index contributed by atoms with van der Waals surface area (Å²) in [4.78, 5) is 20.5. The third-order valence-corrected chi connectivity index (χ3v) is 7.28. The third kappa shape index (κ3) is 4.04. The Morgan fingerprint density at radius 3 is 2.84 bits per heavy atom. The van der Waals surface area contributed by atoms with Gasteiger partial charge in [0.15, 0.2) is 0 Å². The second-order valence-corrected chi connectivity index (χ2v) is 9.17. The monoisotopic (exact) mass is 435 g/mol. The number of hydrogen-bond acceptors (Lipinski definition) is 3. The van der Waals surface area contributed by atoms with Gasteiger partial charge in [0.05, 0.1) is 16.6 Å². The second-order valence-electron chi connectivity index (χ2n) is 9.17. The van der Waals surface area contributed by atoms with Crippen LogP contribution in [0, 0.1) is 11.7 Å². The van der Waals surface area contributed by atoms with Crippen LogP contribution in [0.15, 0.2) is 55.0 Å². The number of rotatable bonds is 4. The Morgan fingerprint density at radius 2 is 2.00 bits per heavy atom. The van der Waals surface area contributed by atoms with Crippen LogP contribution in [0.1, 0.15) is 43.4 Å². The van der Waals surface area contributed by atoms with Crippen molar-refractivity contribution in [3.63, 3.8) is 0 Å². The number of carbonyl (C=O) groups is 1. The van der Waals surface area contributed by atoms with E-state index in [-0.39, 0.29) is 11.7 Å². The lowest BCUT2D eigenvalue weighted by Crippen LogP contribution is -2.50. The summed E-state index contributed by atoms with van der Waals surface area (Å²) in [5.41, 5.74) is 2.40. The molecule has 6 heteroatoms. The summed E-state index contributed by atoms with van der Waals surface area (Å²) in [6, 6.07) is 10.8. The number of aromatic nitrogens is 2. The number of fused-ring (bicyclic) bond motifs is 1. The Balaban J connectivity index is 1.32. The number of halogens is 1. The van der Waals surface area contributed by atoms with Crippen LogP contribution in [0.25, 0.3) is 5.52 Å². The van der Waals surface area contributed by atoms with Gasteiger partial charge < -0.3 is 14.0 Å². The summed E-state index contributed by atoms with van der Waals surface area (Å²) in [5, 5.41) is 0. The van der Waals surface area contributed by atoms with Crippen LogP contribution < -0.4 is 0 Å². The van der Waals surface area contributed by atoms with Gasteiger partial charge >= 0.3 is 0 Å². The fraction of sp³-hybridized carbons (Fsp3) is 0.462. The van der Waals surface area contributed by atoms with Crippen molar-refractivity contribution < 1.29 is 13.9 Å². The number of benzene rings is 1. The minimum atomic E-state index is -0.681.